The second-order valence-corrected chi connectivity index (χ2v) is 7.42. The summed E-state index contributed by atoms with van der Waals surface area (Å²) in [5.41, 5.74) is 0.522. The summed E-state index contributed by atoms with van der Waals surface area (Å²) in [5.74, 6) is 0. The van der Waals surface area contributed by atoms with Crippen LogP contribution in [0.3, 0.4) is 0 Å². The molecule has 2 aromatic carbocycles. The minimum atomic E-state index is -4.44. The maximum absolute atomic E-state index is 12.8. The quantitative estimate of drug-likeness (QED) is 0.797. The number of rotatable bonds is 3. The van der Waals surface area contributed by atoms with Crippen LogP contribution < -0.4 is 0 Å². The molecule has 0 bridgehead atoms. The molecule has 1 fully saturated rings. The van der Waals surface area contributed by atoms with Crippen LogP contribution in [0.25, 0.3) is 0 Å². The van der Waals surface area contributed by atoms with Crippen LogP contribution in [0, 0.1) is 6.92 Å². The molecule has 1 heterocycles. The lowest BCUT2D eigenvalue weighted by Gasteiger charge is -2.09. The Morgan fingerprint density at radius 1 is 1.09 bits per heavy atom. The Bertz CT molecular complexity index is 829. The molecule has 1 aliphatic heterocycles. The van der Waals surface area contributed by atoms with Gasteiger partial charge in [0.25, 0.3) is 0 Å². The molecule has 2 aromatic rings. The van der Waals surface area contributed by atoms with E-state index in [1.807, 2.05) is 6.92 Å². The van der Waals surface area contributed by atoms with Crippen molar-refractivity contribution in [1.29, 1.82) is 0 Å². The lowest BCUT2D eigenvalue weighted by Crippen LogP contribution is -2.13. The van der Waals surface area contributed by atoms with Gasteiger partial charge >= 0.3 is 6.18 Å². The Hall–Kier alpha value is -1.86. The minimum absolute atomic E-state index is 0.151. The van der Waals surface area contributed by atoms with Gasteiger partial charge in [-0.05, 0) is 36.8 Å². The van der Waals surface area contributed by atoms with Crippen molar-refractivity contribution in [2.75, 3.05) is 6.54 Å². The van der Waals surface area contributed by atoms with Gasteiger partial charge in [-0.15, -0.1) is 0 Å². The van der Waals surface area contributed by atoms with E-state index < -0.39 is 27.8 Å². The van der Waals surface area contributed by atoms with Gasteiger partial charge in [-0.25, -0.2) is 8.42 Å². The highest BCUT2D eigenvalue weighted by atomic mass is 32.2. The summed E-state index contributed by atoms with van der Waals surface area (Å²) in [4.78, 5) is 0.151. The third kappa shape index (κ3) is 3.11. The second-order valence-electron chi connectivity index (χ2n) is 5.53. The molecule has 3 nitrogen and oxygen atoms in total. The first-order valence-corrected chi connectivity index (χ1v) is 8.39. The molecule has 23 heavy (non-hydrogen) atoms. The molecule has 122 valence electrons. The van der Waals surface area contributed by atoms with Crippen LogP contribution in [0.2, 0.25) is 0 Å². The van der Waals surface area contributed by atoms with E-state index in [9.17, 15) is 21.6 Å². The molecule has 0 aromatic heterocycles. The predicted octanol–water partition coefficient (Wildman–Crippen LogP) is 3.76. The van der Waals surface area contributed by atoms with E-state index in [0.717, 1.165) is 17.7 Å². The first kappa shape index (κ1) is 16.0. The standard InChI is InChI=1S/C16H14F3NO2S/c1-11-5-7-14(8-6-11)23(21,22)20-10-15(20)12-3-2-4-13(9-12)16(17,18)19/h2-9,15H,10H2,1H3. The third-order valence-corrected chi connectivity index (χ3v) is 5.68. The van der Waals surface area contributed by atoms with Crippen molar-refractivity contribution in [3.05, 3.63) is 65.2 Å². The van der Waals surface area contributed by atoms with Gasteiger partial charge in [-0.1, -0.05) is 29.8 Å². The highest BCUT2D eigenvalue weighted by Gasteiger charge is 2.46. The molecule has 2 atom stereocenters. The Morgan fingerprint density at radius 3 is 2.35 bits per heavy atom. The number of hydrogen-bond acceptors (Lipinski definition) is 2. The number of benzene rings is 2. The molecular weight excluding hydrogens is 327 g/mol. The first-order chi connectivity index (χ1) is 10.7. The largest absolute Gasteiger partial charge is 0.416 e. The van der Waals surface area contributed by atoms with Crippen LogP contribution in [0.4, 0.5) is 13.2 Å². The summed E-state index contributed by atoms with van der Waals surface area (Å²) in [6.45, 7) is 2.04. The summed E-state index contributed by atoms with van der Waals surface area (Å²) >= 11 is 0. The summed E-state index contributed by atoms with van der Waals surface area (Å²) in [7, 11) is -3.68. The van der Waals surface area contributed by atoms with E-state index in [-0.39, 0.29) is 11.4 Å². The topological polar surface area (TPSA) is 37.1 Å². The SMILES string of the molecule is Cc1ccc(S(=O)(=O)N2CC2c2cccc(C(F)(F)F)c2)cc1. The number of alkyl halides is 3. The van der Waals surface area contributed by atoms with E-state index in [1.165, 1.54) is 28.6 Å². The van der Waals surface area contributed by atoms with Crippen LogP contribution in [0.1, 0.15) is 22.7 Å². The normalized spacial score (nSPS) is 21.2. The predicted molar refractivity (Wildman–Crippen MR) is 79.3 cm³/mol. The average Bonchev–Trinajstić information content (AvgIpc) is 3.28. The Kier molecular flexibility index (Phi) is 3.72. The molecule has 7 heteroatoms. The summed E-state index contributed by atoms with van der Waals surface area (Å²) in [6, 6.07) is 10.7. The van der Waals surface area contributed by atoms with E-state index in [1.54, 1.807) is 12.1 Å². The van der Waals surface area contributed by atoms with Crippen molar-refractivity contribution in [2.45, 2.75) is 24.0 Å². The van der Waals surface area contributed by atoms with Gasteiger partial charge in [0, 0.05) is 6.54 Å². The zero-order valence-corrected chi connectivity index (χ0v) is 13.0. The molecule has 0 spiro atoms. The van der Waals surface area contributed by atoms with Crippen molar-refractivity contribution >= 4 is 10.0 Å². The molecule has 0 amide bonds. The molecular formula is C16H14F3NO2S. The Labute approximate surface area is 132 Å². The van der Waals surface area contributed by atoms with Gasteiger partial charge in [0.05, 0.1) is 16.5 Å². The monoisotopic (exact) mass is 341 g/mol. The first-order valence-electron chi connectivity index (χ1n) is 6.95. The highest BCUT2D eigenvalue weighted by Crippen LogP contribution is 2.41. The van der Waals surface area contributed by atoms with Crippen molar-refractivity contribution in [3.63, 3.8) is 0 Å². The number of nitrogens with zero attached hydrogens (tertiary/aromatic N) is 1. The van der Waals surface area contributed by atoms with Crippen LogP contribution in [0.15, 0.2) is 53.4 Å². The average molecular weight is 341 g/mol. The van der Waals surface area contributed by atoms with Gasteiger partial charge in [-0.2, -0.15) is 17.5 Å². The third-order valence-electron chi connectivity index (χ3n) is 3.79. The lowest BCUT2D eigenvalue weighted by molar-refractivity contribution is -0.137. The second kappa shape index (κ2) is 5.35. The number of sulfonamides is 1. The molecule has 1 aliphatic rings. The van der Waals surface area contributed by atoms with Crippen LogP contribution in [0.5, 0.6) is 0 Å². The van der Waals surface area contributed by atoms with Gasteiger partial charge in [0.15, 0.2) is 0 Å². The highest BCUT2D eigenvalue weighted by molar-refractivity contribution is 7.89. The molecule has 2 unspecified atom stereocenters. The van der Waals surface area contributed by atoms with E-state index in [2.05, 4.69) is 0 Å². The fraction of sp³-hybridized carbons (Fsp3) is 0.250. The maximum atomic E-state index is 12.8. The summed E-state index contributed by atoms with van der Waals surface area (Å²) < 4.78 is 64.4. The van der Waals surface area contributed by atoms with Crippen LogP contribution in [-0.2, 0) is 16.2 Å². The van der Waals surface area contributed by atoms with Crippen LogP contribution >= 0.6 is 0 Å². The van der Waals surface area contributed by atoms with Gasteiger partial charge < -0.3 is 0 Å². The number of halogens is 3. The zero-order valence-electron chi connectivity index (χ0n) is 12.2. The summed E-state index contributed by atoms with van der Waals surface area (Å²) in [6.07, 6.45) is -4.44. The number of aryl methyl sites for hydroxylation is 1. The minimum Gasteiger partial charge on any atom is -0.207 e. The summed E-state index contributed by atoms with van der Waals surface area (Å²) in [5, 5.41) is 0. The van der Waals surface area contributed by atoms with Gasteiger partial charge in [-0.3, -0.25) is 0 Å². The fourth-order valence-corrected chi connectivity index (χ4v) is 3.97. The van der Waals surface area contributed by atoms with Gasteiger partial charge in [0.2, 0.25) is 10.0 Å². The molecule has 0 saturated carbocycles. The van der Waals surface area contributed by atoms with Crippen LogP contribution in [-0.4, -0.2) is 19.3 Å². The molecule has 3 rings (SSSR count). The molecule has 1 saturated heterocycles. The van der Waals surface area contributed by atoms with Gasteiger partial charge in [0.1, 0.15) is 0 Å². The molecule has 0 radical (unpaired) electrons. The van der Waals surface area contributed by atoms with E-state index in [4.69, 9.17) is 0 Å². The fourth-order valence-electron chi connectivity index (χ4n) is 2.43. The zero-order chi connectivity index (χ0) is 16.8. The van der Waals surface area contributed by atoms with Crippen molar-refractivity contribution < 1.29 is 21.6 Å². The van der Waals surface area contributed by atoms with E-state index >= 15 is 0 Å². The Balaban J connectivity index is 1.86. The van der Waals surface area contributed by atoms with Crippen molar-refractivity contribution in [2.24, 2.45) is 0 Å². The molecule has 0 aliphatic carbocycles. The van der Waals surface area contributed by atoms with Crippen molar-refractivity contribution in [1.82, 2.24) is 4.31 Å². The molecule has 0 N–H and O–H groups in total. The number of hydrogen-bond donors (Lipinski definition) is 0. The lowest BCUT2D eigenvalue weighted by atomic mass is 10.1. The Morgan fingerprint density at radius 2 is 1.74 bits per heavy atom. The maximum Gasteiger partial charge on any atom is 0.416 e. The van der Waals surface area contributed by atoms with Crippen molar-refractivity contribution in [3.8, 4) is 0 Å². The smallest absolute Gasteiger partial charge is 0.207 e. The van der Waals surface area contributed by atoms with E-state index in [0.29, 0.717) is 5.56 Å².